The van der Waals surface area contributed by atoms with Gasteiger partial charge >= 0.3 is 0 Å². The maximum atomic E-state index is 13.9. The lowest BCUT2D eigenvalue weighted by molar-refractivity contribution is -0.142. The van der Waals surface area contributed by atoms with Crippen molar-refractivity contribution < 1.29 is 23.1 Å². The first kappa shape index (κ1) is 26.8. The van der Waals surface area contributed by atoms with Gasteiger partial charge in [0.25, 0.3) is 6.43 Å². The van der Waals surface area contributed by atoms with Gasteiger partial charge in [-0.3, -0.25) is 9.59 Å². The van der Waals surface area contributed by atoms with Crippen LogP contribution in [-0.2, 0) is 29.7 Å². The molecule has 1 aliphatic carbocycles. The van der Waals surface area contributed by atoms with Gasteiger partial charge in [-0.05, 0) is 49.3 Å². The summed E-state index contributed by atoms with van der Waals surface area (Å²) in [4.78, 5) is 30.5. The maximum Gasteiger partial charge on any atom is 0.282 e. The summed E-state index contributed by atoms with van der Waals surface area (Å²) in [5.41, 5.74) is 1.37. The standard InChI is InChI=1S/C27H34ClF2N5O3/c1-15-5-4-6-17(15)27(37)35-12-10-18-19(28)7-8-22(38-14-20-24(25(29)30)33(3)32-31-20)23(18)21(35)13-34-11-9-16(2)26(34)36/h7-8,15-17,21,25H,4-6,9-14H2,1-3H3/t15-,16-,17+,21+/m0/s1. The molecule has 4 atom stereocenters. The lowest BCUT2D eigenvalue weighted by Crippen LogP contribution is -2.48. The van der Waals surface area contributed by atoms with E-state index in [1.54, 1.807) is 12.1 Å². The van der Waals surface area contributed by atoms with Crippen molar-refractivity contribution in [2.75, 3.05) is 19.6 Å². The fourth-order valence-electron chi connectivity index (χ4n) is 6.29. The van der Waals surface area contributed by atoms with E-state index in [0.717, 1.165) is 41.5 Å². The molecule has 2 amide bonds. The van der Waals surface area contributed by atoms with E-state index in [0.29, 0.717) is 42.7 Å². The van der Waals surface area contributed by atoms with Crippen molar-refractivity contribution in [3.05, 3.63) is 39.7 Å². The van der Waals surface area contributed by atoms with E-state index in [-0.39, 0.29) is 41.6 Å². The summed E-state index contributed by atoms with van der Waals surface area (Å²) >= 11 is 6.65. The van der Waals surface area contributed by atoms with Crippen molar-refractivity contribution in [1.82, 2.24) is 24.8 Å². The van der Waals surface area contributed by atoms with E-state index < -0.39 is 12.5 Å². The number of aryl methyl sites for hydroxylation is 1. The Bertz CT molecular complexity index is 1220. The molecule has 1 aromatic carbocycles. The number of aromatic nitrogens is 3. The first-order valence-corrected chi connectivity index (χ1v) is 13.7. The number of nitrogens with zero attached hydrogens (tertiary/aromatic N) is 5. The van der Waals surface area contributed by atoms with Crippen molar-refractivity contribution in [2.45, 2.75) is 65.0 Å². The average molecular weight is 550 g/mol. The molecular weight excluding hydrogens is 516 g/mol. The quantitative estimate of drug-likeness (QED) is 0.499. The molecule has 0 radical (unpaired) electrons. The van der Waals surface area contributed by atoms with Gasteiger partial charge in [0.05, 0.1) is 6.04 Å². The Kier molecular flexibility index (Phi) is 7.62. The van der Waals surface area contributed by atoms with Gasteiger partial charge in [-0.25, -0.2) is 13.5 Å². The molecule has 3 heterocycles. The summed E-state index contributed by atoms with van der Waals surface area (Å²) in [7, 11) is 1.42. The number of carbonyl (C=O) groups is 2. The number of benzene rings is 1. The third-order valence-electron chi connectivity index (χ3n) is 8.51. The molecule has 2 fully saturated rings. The molecule has 5 rings (SSSR count). The van der Waals surface area contributed by atoms with Crippen LogP contribution in [0.4, 0.5) is 8.78 Å². The molecule has 11 heteroatoms. The number of rotatable bonds is 7. The maximum absolute atomic E-state index is 13.9. The number of ether oxygens (including phenoxy) is 1. The first-order valence-electron chi connectivity index (χ1n) is 13.4. The molecule has 38 heavy (non-hydrogen) atoms. The monoisotopic (exact) mass is 549 g/mol. The van der Waals surface area contributed by atoms with Gasteiger partial charge in [0.15, 0.2) is 0 Å². The van der Waals surface area contributed by atoms with Crippen LogP contribution in [0.3, 0.4) is 0 Å². The summed E-state index contributed by atoms with van der Waals surface area (Å²) in [6.45, 7) is 5.31. The molecule has 1 aromatic heterocycles. The lowest BCUT2D eigenvalue weighted by atomic mass is 9.88. The van der Waals surface area contributed by atoms with Crippen molar-refractivity contribution in [3.63, 3.8) is 0 Å². The van der Waals surface area contributed by atoms with E-state index in [1.165, 1.54) is 7.05 Å². The Morgan fingerprint density at radius 2 is 2.00 bits per heavy atom. The number of hydrogen-bond donors (Lipinski definition) is 0. The summed E-state index contributed by atoms with van der Waals surface area (Å²) in [6.07, 6.45) is 1.49. The molecule has 0 bridgehead atoms. The van der Waals surface area contributed by atoms with Crippen LogP contribution in [0.15, 0.2) is 12.1 Å². The molecule has 1 saturated carbocycles. The number of likely N-dealkylation sites (tertiary alicyclic amines) is 1. The SMILES string of the molecule is C[C@H]1CCN(C[C@@H]2c3c(OCc4nnn(C)c4C(F)F)ccc(Cl)c3CCN2C(=O)[C@@H]2CCC[C@@H]2C)C1=O. The largest absolute Gasteiger partial charge is 0.487 e. The molecular formula is C27H34ClF2N5O3. The second-order valence-corrected chi connectivity index (χ2v) is 11.3. The fourth-order valence-corrected chi connectivity index (χ4v) is 6.55. The Morgan fingerprint density at radius 3 is 2.66 bits per heavy atom. The van der Waals surface area contributed by atoms with Crippen LogP contribution >= 0.6 is 11.6 Å². The zero-order chi connectivity index (χ0) is 27.1. The normalized spacial score (nSPS) is 25.4. The van der Waals surface area contributed by atoms with Crippen molar-refractivity contribution in [1.29, 1.82) is 0 Å². The first-order chi connectivity index (χ1) is 18.2. The number of carbonyl (C=O) groups excluding carboxylic acids is 2. The summed E-state index contributed by atoms with van der Waals surface area (Å²) < 4.78 is 34.4. The van der Waals surface area contributed by atoms with Gasteiger partial charge in [0.1, 0.15) is 23.7 Å². The molecule has 8 nitrogen and oxygen atoms in total. The van der Waals surface area contributed by atoms with Gasteiger partial charge in [-0.2, -0.15) is 0 Å². The Balaban J connectivity index is 1.51. The second kappa shape index (κ2) is 10.8. The van der Waals surface area contributed by atoms with E-state index in [4.69, 9.17) is 16.3 Å². The molecule has 1 saturated heterocycles. The number of amides is 2. The van der Waals surface area contributed by atoms with Gasteiger partial charge in [0, 0.05) is 49.1 Å². The third-order valence-corrected chi connectivity index (χ3v) is 8.86. The Hall–Kier alpha value is -2.75. The summed E-state index contributed by atoms with van der Waals surface area (Å²) in [6, 6.07) is 3.00. The van der Waals surface area contributed by atoms with Crippen molar-refractivity contribution in [2.24, 2.45) is 24.8 Å². The van der Waals surface area contributed by atoms with E-state index in [9.17, 15) is 18.4 Å². The van der Waals surface area contributed by atoms with Gasteiger partial charge in [-0.15, -0.1) is 5.10 Å². The highest BCUT2D eigenvalue weighted by molar-refractivity contribution is 6.31. The number of alkyl halides is 2. The predicted molar refractivity (Wildman–Crippen MR) is 137 cm³/mol. The Morgan fingerprint density at radius 1 is 1.21 bits per heavy atom. The number of halogens is 3. The molecule has 2 aliphatic heterocycles. The third kappa shape index (κ3) is 4.87. The minimum absolute atomic E-state index is 0.0508. The van der Waals surface area contributed by atoms with Crippen LogP contribution in [0.5, 0.6) is 5.75 Å². The highest BCUT2D eigenvalue weighted by Crippen LogP contribution is 2.43. The predicted octanol–water partition coefficient (Wildman–Crippen LogP) is 4.72. The molecule has 3 aliphatic rings. The molecule has 206 valence electrons. The molecule has 0 spiro atoms. The van der Waals surface area contributed by atoms with E-state index >= 15 is 0 Å². The number of hydrogen-bond acceptors (Lipinski definition) is 5. The minimum atomic E-state index is -2.75. The number of fused-ring (bicyclic) bond motifs is 1. The topological polar surface area (TPSA) is 80.6 Å². The van der Waals surface area contributed by atoms with Crippen LogP contribution in [0.1, 0.15) is 74.5 Å². The molecule has 0 N–H and O–H groups in total. The van der Waals surface area contributed by atoms with Gasteiger partial charge < -0.3 is 14.5 Å². The van der Waals surface area contributed by atoms with Crippen LogP contribution in [0.2, 0.25) is 5.02 Å². The lowest BCUT2D eigenvalue weighted by Gasteiger charge is -2.42. The van der Waals surface area contributed by atoms with Gasteiger partial charge in [-0.1, -0.05) is 37.1 Å². The van der Waals surface area contributed by atoms with E-state index in [2.05, 4.69) is 17.2 Å². The smallest absolute Gasteiger partial charge is 0.282 e. The van der Waals surface area contributed by atoms with Crippen molar-refractivity contribution >= 4 is 23.4 Å². The van der Waals surface area contributed by atoms with E-state index in [1.807, 2.05) is 16.7 Å². The highest BCUT2D eigenvalue weighted by atomic mass is 35.5. The summed E-state index contributed by atoms with van der Waals surface area (Å²) in [5, 5.41) is 8.16. The van der Waals surface area contributed by atoms with Gasteiger partial charge in [0.2, 0.25) is 11.8 Å². The fraction of sp³-hybridized carbons (Fsp3) is 0.630. The second-order valence-electron chi connectivity index (χ2n) is 10.9. The van der Waals surface area contributed by atoms with Crippen LogP contribution in [0.25, 0.3) is 0 Å². The highest BCUT2D eigenvalue weighted by Gasteiger charge is 2.42. The average Bonchev–Trinajstić information content (AvgIpc) is 3.58. The zero-order valence-corrected chi connectivity index (χ0v) is 22.8. The Labute approximate surface area is 226 Å². The molecule has 2 aromatic rings. The minimum Gasteiger partial charge on any atom is -0.487 e. The van der Waals surface area contributed by atoms with Crippen LogP contribution in [0, 0.1) is 17.8 Å². The van der Waals surface area contributed by atoms with Crippen LogP contribution in [-0.4, -0.2) is 56.2 Å². The summed E-state index contributed by atoms with van der Waals surface area (Å²) in [5.74, 6) is 0.824. The van der Waals surface area contributed by atoms with Crippen molar-refractivity contribution in [3.8, 4) is 5.75 Å². The zero-order valence-electron chi connectivity index (χ0n) is 22.0. The molecule has 0 unspecified atom stereocenters. The van der Waals surface area contributed by atoms with Crippen LogP contribution < -0.4 is 4.74 Å².